The van der Waals surface area contributed by atoms with Crippen LogP contribution in [-0.4, -0.2) is 29.7 Å². The topological polar surface area (TPSA) is 124 Å². The molecule has 1 aromatic rings. The number of benzene rings is 1. The van der Waals surface area contributed by atoms with Gasteiger partial charge in [0.05, 0.1) is 4.92 Å². The van der Waals surface area contributed by atoms with Gasteiger partial charge in [0.25, 0.3) is 11.6 Å². The van der Waals surface area contributed by atoms with Crippen LogP contribution in [0.5, 0.6) is 0 Å². The molecule has 0 aliphatic carbocycles. The predicted octanol–water partition coefficient (Wildman–Crippen LogP) is 1.64. The summed E-state index contributed by atoms with van der Waals surface area (Å²) in [6.45, 7) is 5.17. The predicted molar refractivity (Wildman–Crippen MR) is 78.3 cm³/mol. The highest BCUT2D eigenvalue weighted by Crippen LogP contribution is 2.29. The molecule has 0 saturated carbocycles. The molecule has 1 amide bonds. The summed E-state index contributed by atoms with van der Waals surface area (Å²) < 4.78 is 25.1. The number of amides is 1. The fourth-order valence-electron chi connectivity index (χ4n) is 1.51. The summed E-state index contributed by atoms with van der Waals surface area (Å²) in [6.07, 6.45) is 0. The van der Waals surface area contributed by atoms with Gasteiger partial charge in [-0.2, -0.15) is 8.42 Å². The number of sulfonamides is 1. The second kappa shape index (κ2) is 6.32. The summed E-state index contributed by atoms with van der Waals surface area (Å²) in [6, 6.07) is 4.46. The van der Waals surface area contributed by atoms with Crippen molar-refractivity contribution < 1.29 is 27.8 Å². The van der Waals surface area contributed by atoms with E-state index in [0.29, 0.717) is 0 Å². The highest BCUT2D eigenvalue weighted by Gasteiger charge is 2.41. The van der Waals surface area contributed by atoms with Crippen LogP contribution in [-0.2, 0) is 24.4 Å². The molecule has 0 unspecified atom stereocenters. The van der Waals surface area contributed by atoms with Crippen LogP contribution in [0.15, 0.2) is 29.2 Å². The lowest BCUT2D eigenvalue weighted by Crippen LogP contribution is -2.44. The van der Waals surface area contributed by atoms with Crippen LogP contribution in [0.1, 0.15) is 27.7 Å². The van der Waals surface area contributed by atoms with Gasteiger partial charge in [0.1, 0.15) is 0 Å². The third-order valence-electron chi connectivity index (χ3n) is 2.58. The number of nitro benzene ring substituents is 1. The molecular formula is C13H16N2O7S. The van der Waals surface area contributed by atoms with E-state index in [2.05, 4.69) is 4.84 Å². The molecule has 0 heterocycles. The van der Waals surface area contributed by atoms with Gasteiger partial charge in [0.15, 0.2) is 4.90 Å². The van der Waals surface area contributed by atoms with Gasteiger partial charge in [-0.3, -0.25) is 14.9 Å². The largest absolute Gasteiger partial charge is 0.330 e. The second-order valence-corrected chi connectivity index (χ2v) is 7.32. The van der Waals surface area contributed by atoms with E-state index in [9.17, 15) is 28.1 Å². The smallest absolute Gasteiger partial charge is 0.323 e. The third kappa shape index (κ3) is 4.03. The molecule has 1 rings (SSSR count). The third-order valence-corrected chi connectivity index (χ3v) is 4.16. The number of carbonyl (C=O) groups is 2. The summed E-state index contributed by atoms with van der Waals surface area (Å²) in [7, 11) is -4.76. The highest BCUT2D eigenvalue weighted by atomic mass is 32.2. The number of nitrogens with zero attached hydrogens (tertiary/aromatic N) is 2. The van der Waals surface area contributed by atoms with Crippen LogP contribution in [0.4, 0.5) is 5.69 Å². The van der Waals surface area contributed by atoms with Gasteiger partial charge in [-0.15, -0.1) is 0 Å². The van der Waals surface area contributed by atoms with Crippen LogP contribution in [0.2, 0.25) is 0 Å². The number of nitro groups is 1. The van der Waals surface area contributed by atoms with Crippen molar-refractivity contribution in [3.8, 4) is 0 Å². The molecule has 0 aromatic heterocycles. The van der Waals surface area contributed by atoms with Crippen molar-refractivity contribution in [3.05, 3.63) is 34.4 Å². The molecule has 0 aliphatic heterocycles. The van der Waals surface area contributed by atoms with Crippen LogP contribution in [0, 0.1) is 15.5 Å². The zero-order valence-electron chi connectivity index (χ0n) is 13.0. The first-order valence-electron chi connectivity index (χ1n) is 6.40. The number of hydroxylamine groups is 1. The minimum absolute atomic E-state index is 0.0995. The molecule has 0 fully saturated rings. The van der Waals surface area contributed by atoms with Crippen LogP contribution < -0.4 is 0 Å². The van der Waals surface area contributed by atoms with Gasteiger partial charge in [-0.05, 0) is 6.07 Å². The quantitative estimate of drug-likeness (QED) is 0.603. The Bertz CT molecular complexity index is 750. The van der Waals surface area contributed by atoms with E-state index in [-0.39, 0.29) is 4.47 Å². The molecule has 9 nitrogen and oxygen atoms in total. The SMILES string of the molecule is CC(=O)ON(C(=O)C(C)(C)C)S(=O)(=O)c1ccccc1[N+](=O)[O-]. The Labute approximate surface area is 133 Å². The van der Waals surface area contributed by atoms with Gasteiger partial charge in [0, 0.05) is 18.4 Å². The van der Waals surface area contributed by atoms with Crippen molar-refractivity contribution in [2.24, 2.45) is 5.41 Å². The minimum Gasteiger partial charge on any atom is -0.323 e. The zero-order chi connectivity index (χ0) is 18.0. The average Bonchev–Trinajstić information content (AvgIpc) is 2.42. The number of para-hydroxylation sites is 1. The maximum absolute atomic E-state index is 12.6. The molecule has 1 aromatic carbocycles. The van der Waals surface area contributed by atoms with E-state index >= 15 is 0 Å². The van der Waals surface area contributed by atoms with Gasteiger partial charge in [-0.25, -0.2) is 4.79 Å². The maximum Gasteiger partial charge on any atom is 0.330 e. The molecule has 0 bridgehead atoms. The average molecular weight is 344 g/mol. The molecule has 0 N–H and O–H groups in total. The van der Waals surface area contributed by atoms with Crippen molar-refractivity contribution in [2.75, 3.05) is 0 Å². The monoisotopic (exact) mass is 344 g/mol. The minimum atomic E-state index is -4.76. The second-order valence-electron chi connectivity index (χ2n) is 5.60. The first kappa shape index (κ1) is 18.6. The van der Waals surface area contributed by atoms with Crippen molar-refractivity contribution in [2.45, 2.75) is 32.6 Å². The zero-order valence-corrected chi connectivity index (χ0v) is 13.8. The molecule has 10 heteroatoms. The normalized spacial score (nSPS) is 11.7. The van der Waals surface area contributed by atoms with E-state index in [1.165, 1.54) is 32.9 Å². The van der Waals surface area contributed by atoms with Crippen molar-refractivity contribution in [1.82, 2.24) is 4.47 Å². The van der Waals surface area contributed by atoms with E-state index in [1.54, 1.807) is 0 Å². The van der Waals surface area contributed by atoms with E-state index < -0.39 is 42.8 Å². The first-order valence-corrected chi connectivity index (χ1v) is 7.84. The maximum atomic E-state index is 12.6. The summed E-state index contributed by atoms with van der Waals surface area (Å²) >= 11 is 0. The molecule has 0 radical (unpaired) electrons. The lowest BCUT2D eigenvalue weighted by molar-refractivity contribution is -0.387. The molecule has 126 valence electrons. The highest BCUT2D eigenvalue weighted by molar-refractivity contribution is 7.89. The molecule has 0 atom stereocenters. The molecule has 0 aliphatic rings. The molecular weight excluding hydrogens is 328 g/mol. The van der Waals surface area contributed by atoms with E-state index in [1.807, 2.05) is 0 Å². The van der Waals surface area contributed by atoms with Crippen LogP contribution in [0.25, 0.3) is 0 Å². The van der Waals surface area contributed by atoms with Crippen molar-refractivity contribution >= 4 is 27.6 Å². The standard InChI is InChI=1S/C13H16N2O7S/c1-9(16)22-15(12(17)13(2,3)4)23(20,21)11-8-6-5-7-10(11)14(18)19/h5-8H,1-4H3. The fourth-order valence-corrected chi connectivity index (χ4v) is 3.04. The van der Waals surface area contributed by atoms with Gasteiger partial charge in [0.2, 0.25) is 0 Å². The molecule has 0 saturated heterocycles. The number of hydrogen-bond acceptors (Lipinski definition) is 7. The van der Waals surface area contributed by atoms with Crippen LogP contribution in [0.3, 0.4) is 0 Å². The summed E-state index contributed by atoms with van der Waals surface area (Å²) in [4.78, 5) is 37.4. The molecule has 23 heavy (non-hydrogen) atoms. The first-order chi connectivity index (χ1) is 10.4. The van der Waals surface area contributed by atoms with E-state index in [4.69, 9.17) is 0 Å². The van der Waals surface area contributed by atoms with Crippen molar-refractivity contribution in [1.29, 1.82) is 0 Å². The Balaban J connectivity index is 3.55. The Morgan fingerprint density at radius 1 is 1.22 bits per heavy atom. The Morgan fingerprint density at radius 2 is 1.74 bits per heavy atom. The summed E-state index contributed by atoms with van der Waals surface area (Å²) in [5, 5.41) is 11.0. The lowest BCUT2D eigenvalue weighted by atomic mass is 9.96. The van der Waals surface area contributed by atoms with Gasteiger partial charge >= 0.3 is 16.0 Å². The fraction of sp³-hybridized carbons (Fsp3) is 0.385. The number of carbonyl (C=O) groups excluding carboxylic acids is 2. The Hall–Kier alpha value is -2.49. The van der Waals surface area contributed by atoms with Gasteiger partial charge < -0.3 is 4.84 Å². The van der Waals surface area contributed by atoms with Crippen molar-refractivity contribution in [3.63, 3.8) is 0 Å². The summed E-state index contributed by atoms with van der Waals surface area (Å²) in [5.41, 5.74) is -1.93. The molecule has 0 spiro atoms. The van der Waals surface area contributed by atoms with Crippen LogP contribution >= 0.6 is 0 Å². The number of hydrogen-bond donors (Lipinski definition) is 0. The van der Waals surface area contributed by atoms with E-state index in [0.717, 1.165) is 19.1 Å². The Morgan fingerprint density at radius 3 is 2.17 bits per heavy atom. The Kier molecular flexibility index (Phi) is 5.10. The number of rotatable bonds is 3. The summed E-state index contributed by atoms with van der Waals surface area (Å²) in [5.74, 6) is -2.09. The lowest BCUT2D eigenvalue weighted by Gasteiger charge is -2.26. The van der Waals surface area contributed by atoms with Gasteiger partial charge in [-0.1, -0.05) is 37.4 Å².